The lowest BCUT2D eigenvalue weighted by atomic mass is 9.76. The highest BCUT2D eigenvalue weighted by atomic mass is 35.5. The van der Waals surface area contributed by atoms with Crippen LogP contribution < -0.4 is 20.4 Å². The van der Waals surface area contributed by atoms with Gasteiger partial charge in [-0.15, -0.1) is 0 Å². The molecule has 3 aliphatic rings. The van der Waals surface area contributed by atoms with Crippen LogP contribution in [0.4, 0.5) is 17.1 Å². The van der Waals surface area contributed by atoms with E-state index in [1.165, 1.54) is 11.8 Å². The second-order valence-corrected chi connectivity index (χ2v) is 10.4. The number of rotatable bonds is 4. The van der Waals surface area contributed by atoms with Crippen LogP contribution in [-0.4, -0.2) is 29.7 Å². The first-order valence-electron chi connectivity index (χ1n) is 12.4. The third-order valence-electron chi connectivity index (χ3n) is 7.75. The molecule has 2 N–H and O–H groups in total. The topological polar surface area (TPSA) is 98.8 Å². The van der Waals surface area contributed by atoms with Crippen molar-refractivity contribution in [1.82, 2.24) is 5.32 Å². The van der Waals surface area contributed by atoms with Gasteiger partial charge in [-0.1, -0.05) is 48.0 Å². The van der Waals surface area contributed by atoms with Crippen molar-refractivity contribution >= 4 is 52.3 Å². The summed E-state index contributed by atoms with van der Waals surface area (Å²) in [5.74, 6) is -2.89. The van der Waals surface area contributed by atoms with Crippen LogP contribution in [0.25, 0.3) is 0 Å². The summed E-state index contributed by atoms with van der Waals surface area (Å²) in [7, 11) is 0. The fourth-order valence-electron chi connectivity index (χ4n) is 6.21. The summed E-state index contributed by atoms with van der Waals surface area (Å²) in [6.45, 7) is 3.48. The fourth-order valence-corrected chi connectivity index (χ4v) is 6.41. The Labute approximate surface area is 224 Å². The van der Waals surface area contributed by atoms with E-state index in [1.807, 2.05) is 49.4 Å². The lowest BCUT2D eigenvalue weighted by molar-refractivity contribution is -0.132. The van der Waals surface area contributed by atoms with E-state index in [2.05, 4.69) is 10.6 Å². The molecule has 192 valence electrons. The molecule has 0 bridgehead atoms. The van der Waals surface area contributed by atoms with Gasteiger partial charge >= 0.3 is 0 Å². The number of nitrogens with zero attached hydrogens (tertiary/aromatic N) is 2. The standard InChI is InChI=1S/C29H25ClN4O4/c1-16-24-25(27(37)34(26(24)36)20-13-11-19(12-14-20)31-17(2)35)29(32-16)21-8-4-6-10-23(21)33(28(29)38)15-18-7-3-5-9-22(18)30/h3-14,16,24-25,32H,15H2,1-2H3,(H,31,35)/t16-,24+,25+,29+/m0/s1. The molecule has 38 heavy (non-hydrogen) atoms. The number of anilines is 3. The molecule has 0 aliphatic carbocycles. The first-order chi connectivity index (χ1) is 18.2. The van der Waals surface area contributed by atoms with E-state index >= 15 is 0 Å². The summed E-state index contributed by atoms with van der Waals surface area (Å²) < 4.78 is 0. The van der Waals surface area contributed by atoms with Crippen LogP contribution in [-0.2, 0) is 31.3 Å². The largest absolute Gasteiger partial charge is 0.326 e. The van der Waals surface area contributed by atoms with Gasteiger partial charge in [0.15, 0.2) is 0 Å². The van der Waals surface area contributed by atoms with Gasteiger partial charge < -0.3 is 10.2 Å². The van der Waals surface area contributed by atoms with Crippen LogP contribution in [0.1, 0.15) is 25.0 Å². The normalized spacial score (nSPS) is 25.8. The minimum atomic E-state index is -1.38. The molecule has 3 aromatic rings. The van der Waals surface area contributed by atoms with Crippen molar-refractivity contribution < 1.29 is 19.2 Å². The van der Waals surface area contributed by atoms with E-state index in [9.17, 15) is 19.2 Å². The maximum absolute atomic E-state index is 14.3. The van der Waals surface area contributed by atoms with Crippen molar-refractivity contribution in [2.45, 2.75) is 32.0 Å². The Kier molecular flexibility index (Phi) is 5.63. The highest BCUT2D eigenvalue weighted by Gasteiger charge is 2.71. The zero-order valence-corrected chi connectivity index (χ0v) is 21.5. The molecular formula is C29H25ClN4O4. The Hall–Kier alpha value is -4.01. The Morgan fingerprint density at radius 1 is 0.974 bits per heavy atom. The monoisotopic (exact) mass is 528 g/mol. The van der Waals surface area contributed by atoms with Crippen LogP contribution in [0.3, 0.4) is 0 Å². The first kappa shape index (κ1) is 24.3. The Balaban J connectivity index is 1.41. The molecule has 9 heteroatoms. The lowest BCUT2D eigenvalue weighted by Crippen LogP contribution is -2.54. The van der Waals surface area contributed by atoms with E-state index < -0.39 is 29.3 Å². The van der Waals surface area contributed by atoms with Gasteiger partial charge in [0.05, 0.1) is 24.1 Å². The molecule has 0 aromatic heterocycles. The minimum absolute atomic E-state index is 0.220. The molecule has 0 saturated carbocycles. The third kappa shape index (κ3) is 3.40. The zero-order valence-electron chi connectivity index (χ0n) is 20.8. The second-order valence-electron chi connectivity index (χ2n) is 9.98. The van der Waals surface area contributed by atoms with Gasteiger partial charge in [-0.3, -0.25) is 24.5 Å². The van der Waals surface area contributed by atoms with Crippen LogP contribution in [0.5, 0.6) is 0 Å². The lowest BCUT2D eigenvalue weighted by Gasteiger charge is -2.30. The van der Waals surface area contributed by atoms with E-state index in [0.717, 1.165) is 5.56 Å². The summed E-state index contributed by atoms with van der Waals surface area (Å²) in [6.07, 6.45) is 0. The van der Waals surface area contributed by atoms with Crippen molar-refractivity contribution in [3.05, 3.63) is 88.9 Å². The molecule has 3 aliphatic heterocycles. The highest BCUT2D eigenvalue weighted by Crippen LogP contribution is 2.55. The Morgan fingerprint density at radius 3 is 2.37 bits per heavy atom. The number of benzene rings is 3. The van der Waals surface area contributed by atoms with Crippen LogP contribution >= 0.6 is 11.6 Å². The van der Waals surface area contributed by atoms with Gasteiger partial charge in [0.25, 0.3) is 5.91 Å². The van der Waals surface area contributed by atoms with Gasteiger partial charge in [0.1, 0.15) is 5.54 Å². The van der Waals surface area contributed by atoms with Crippen molar-refractivity contribution in [1.29, 1.82) is 0 Å². The number of halogens is 1. The second kappa shape index (κ2) is 8.79. The number of imide groups is 1. The number of fused-ring (bicyclic) bond motifs is 4. The number of carbonyl (C=O) groups is 4. The first-order valence-corrected chi connectivity index (χ1v) is 12.8. The Bertz CT molecular complexity index is 1510. The minimum Gasteiger partial charge on any atom is -0.326 e. The number of carbonyl (C=O) groups excluding carboxylic acids is 4. The van der Waals surface area contributed by atoms with Crippen molar-refractivity contribution in [2.24, 2.45) is 11.8 Å². The van der Waals surface area contributed by atoms with Crippen molar-refractivity contribution in [3.8, 4) is 0 Å². The molecule has 0 unspecified atom stereocenters. The predicted molar refractivity (Wildman–Crippen MR) is 144 cm³/mol. The molecule has 3 aromatic carbocycles. The number of amides is 4. The summed E-state index contributed by atoms with van der Waals surface area (Å²) >= 11 is 6.43. The average Bonchev–Trinajstić information content (AvgIpc) is 3.44. The highest BCUT2D eigenvalue weighted by molar-refractivity contribution is 6.31. The van der Waals surface area contributed by atoms with Crippen LogP contribution in [0.2, 0.25) is 5.02 Å². The maximum atomic E-state index is 14.3. The van der Waals surface area contributed by atoms with Crippen molar-refractivity contribution in [2.75, 3.05) is 15.1 Å². The third-order valence-corrected chi connectivity index (χ3v) is 8.11. The zero-order chi connectivity index (χ0) is 26.8. The van der Waals surface area contributed by atoms with Gasteiger partial charge in [-0.25, -0.2) is 4.90 Å². The van der Waals surface area contributed by atoms with Crippen LogP contribution in [0.15, 0.2) is 72.8 Å². The number of hydrogen-bond acceptors (Lipinski definition) is 5. The molecule has 1 spiro atoms. The molecule has 4 amide bonds. The number of para-hydroxylation sites is 1. The predicted octanol–water partition coefficient (Wildman–Crippen LogP) is 3.84. The molecule has 2 saturated heterocycles. The van der Waals surface area contributed by atoms with Gasteiger partial charge in [-0.2, -0.15) is 0 Å². The molecule has 0 radical (unpaired) electrons. The fraction of sp³-hybridized carbons (Fsp3) is 0.241. The molecule has 6 rings (SSSR count). The van der Waals surface area contributed by atoms with E-state index in [-0.39, 0.29) is 24.3 Å². The summed E-state index contributed by atoms with van der Waals surface area (Å²) in [5.41, 5.74) is 1.74. The van der Waals surface area contributed by atoms with Crippen LogP contribution in [0, 0.1) is 11.8 Å². The molecule has 8 nitrogen and oxygen atoms in total. The molecule has 4 atom stereocenters. The maximum Gasteiger partial charge on any atom is 0.253 e. The van der Waals surface area contributed by atoms with Crippen molar-refractivity contribution in [3.63, 3.8) is 0 Å². The molecule has 2 fully saturated rings. The smallest absolute Gasteiger partial charge is 0.253 e. The SMILES string of the molecule is CC(=O)Nc1ccc(N2C(=O)[C@@H]3[C@H](C)N[C@@]4(C(=O)N(Cc5ccccc5Cl)c5ccccc54)[C@H]3C2=O)cc1. The summed E-state index contributed by atoms with van der Waals surface area (Å²) in [5, 5.41) is 6.62. The summed E-state index contributed by atoms with van der Waals surface area (Å²) in [6, 6.07) is 20.9. The Morgan fingerprint density at radius 2 is 1.66 bits per heavy atom. The van der Waals surface area contributed by atoms with Gasteiger partial charge in [-0.05, 0) is 48.9 Å². The van der Waals surface area contributed by atoms with E-state index in [1.54, 1.807) is 35.2 Å². The molecule has 3 heterocycles. The van der Waals surface area contributed by atoms with Gasteiger partial charge in [0.2, 0.25) is 17.7 Å². The van der Waals surface area contributed by atoms with Gasteiger partial charge in [0, 0.05) is 34.9 Å². The molecular weight excluding hydrogens is 504 g/mol. The number of hydrogen-bond donors (Lipinski definition) is 2. The average molecular weight is 529 g/mol. The van der Waals surface area contributed by atoms with E-state index in [4.69, 9.17) is 11.6 Å². The van der Waals surface area contributed by atoms with E-state index in [0.29, 0.717) is 27.6 Å². The quantitative estimate of drug-likeness (QED) is 0.501. The summed E-state index contributed by atoms with van der Waals surface area (Å²) in [4.78, 5) is 56.3. The number of nitrogens with one attached hydrogen (secondary N) is 2.